The molecule has 2 amide bonds. The third-order valence-corrected chi connectivity index (χ3v) is 8.45. The lowest BCUT2D eigenvalue weighted by molar-refractivity contribution is -0.154. The fraction of sp³-hybridized carbons (Fsp3) is 0.333. The van der Waals surface area contributed by atoms with E-state index in [4.69, 9.17) is 24.8 Å². The number of thioether (sulfide) groups is 1. The molecule has 15 heteroatoms. The zero-order valence-electron chi connectivity index (χ0n) is 23.2. The van der Waals surface area contributed by atoms with Crippen molar-refractivity contribution in [3.8, 4) is 5.75 Å². The fourth-order valence-electron chi connectivity index (χ4n) is 4.44. The van der Waals surface area contributed by atoms with Crippen molar-refractivity contribution in [2.45, 2.75) is 31.4 Å². The van der Waals surface area contributed by atoms with E-state index in [2.05, 4.69) is 22.0 Å². The predicted molar refractivity (Wildman–Crippen MR) is 156 cm³/mol. The average molecular weight is 616 g/mol. The second kappa shape index (κ2) is 13.1. The zero-order valence-corrected chi connectivity index (χ0v) is 24.9. The van der Waals surface area contributed by atoms with Gasteiger partial charge in [-0.2, -0.15) is 0 Å². The number of esters is 2. The van der Waals surface area contributed by atoms with Gasteiger partial charge in [0.05, 0.1) is 7.11 Å². The summed E-state index contributed by atoms with van der Waals surface area (Å²) < 4.78 is 16.4. The number of amides is 2. The molecule has 1 fully saturated rings. The molecule has 13 nitrogen and oxygen atoms in total. The molecule has 0 spiro atoms. The molecule has 1 saturated heterocycles. The molecule has 3 N–H and O–H groups in total. The van der Waals surface area contributed by atoms with Gasteiger partial charge in [-0.05, 0) is 24.6 Å². The number of hydrogen-bond acceptors (Lipinski definition) is 13. The van der Waals surface area contributed by atoms with Gasteiger partial charge in [-0.15, -0.1) is 23.1 Å². The molecular formula is C27H29N5O8S2. The van der Waals surface area contributed by atoms with Crippen LogP contribution in [0.5, 0.6) is 5.75 Å². The van der Waals surface area contributed by atoms with Crippen LogP contribution in [0.4, 0.5) is 5.13 Å². The molecule has 0 saturated carbocycles. The molecule has 2 aliphatic rings. The Morgan fingerprint density at radius 3 is 2.71 bits per heavy atom. The van der Waals surface area contributed by atoms with Crippen LogP contribution < -0.4 is 15.8 Å². The molecule has 42 heavy (non-hydrogen) atoms. The number of aromatic nitrogens is 1. The number of anilines is 1. The molecule has 0 radical (unpaired) electrons. The first-order valence-electron chi connectivity index (χ1n) is 12.5. The highest BCUT2D eigenvalue weighted by molar-refractivity contribution is 8.00. The highest BCUT2D eigenvalue weighted by atomic mass is 32.2. The third kappa shape index (κ3) is 6.11. The summed E-state index contributed by atoms with van der Waals surface area (Å²) in [6.45, 7) is 6.66. The molecule has 1 aromatic heterocycles. The number of nitrogens with zero attached hydrogens (tertiary/aromatic N) is 3. The lowest BCUT2D eigenvalue weighted by atomic mass is 10.0. The lowest BCUT2D eigenvalue weighted by Gasteiger charge is -2.49. The van der Waals surface area contributed by atoms with Crippen LogP contribution in [0.3, 0.4) is 0 Å². The van der Waals surface area contributed by atoms with Crippen molar-refractivity contribution >= 4 is 57.7 Å². The van der Waals surface area contributed by atoms with E-state index < -0.39 is 41.3 Å². The molecule has 3 atom stereocenters. The topological polar surface area (TPSA) is 172 Å². The molecule has 0 bridgehead atoms. The summed E-state index contributed by atoms with van der Waals surface area (Å²) >= 11 is 2.41. The Balaban J connectivity index is 1.59. The minimum Gasteiger partial charge on any atom is -0.496 e. The normalized spacial score (nSPS) is 18.8. The van der Waals surface area contributed by atoms with E-state index in [-0.39, 0.29) is 34.6 Å². The average Bonchev–Trinajstić information content (AvgIpc) is 3.41. The highest BCUT2D eigenvalue weighted by Gasteiger charge is 2.55. The summed E-state index contributed by atoms with van der Waals surface area (Å²) in [6.07, 6.45) is 0.595. The number of oxime groups is 1. The van der Waals surface area contributed by atoms with Gasteiger partial charge in [0.2, 0.25) is 0 Å². The number of rotatable bonds is 11. The molecule has 3 heterocycles. The first-order chi connectivity index (χ1) is 20.1. The summed E-state index contributed by atoms with van der Waals surface area (Å²) in [5.74, 6) is -1.79. The summed E-state index contributed by atoms with van der Waals surface area (Å²) in [4.78, 5) is 61.8. The van der Waals surface area contributed by atoms with E-state index in [1.807, 2.05) is 6.92 Å². The standard InChI is InChI=1S/C27H29N5O8S2/c1-6-18(16-8-7-9-19(37-4)13(16)2)40-26(36)22-15(10-39-14(3)33)11-41-25-21(24(35)32(22)25)30-23(34)20(31-38-5)17-12-42-27(28)29-17/h6-9,12,18,21,25H,1,10-11H2,2-5H3,(H2,28,29)(H,30,34)/b31-20-/t18?,21?,25-/m1/s1. The molecule has 4 rings (SSSR count). The molecule has 222 valence electrons. The van der Waals surface area contributed by atoms with E-state index in [1.54, 1.807) is 18.2 Å². The molecule has 2 unspecified atom stereocenters. The van der Waals surface area contributed by atoms with E-state index in [0.717, 1.165) is 16.9 Å². The number of nitrogen functional groups attached to an aromatic ring is 1. The molecule has 1 aromatic carbocycles. The van der Waals surface area contributed by atoms with Crippen molar-refractivity contribution in [1.29, 1.82) is 0 Å². The van der Waals surface area contributed by atoms with Crippen molar-refractivity contribution < 1.29 is 38.2 Å². The quantitative estimate of drug-likeness (QED) is 0.125. The number of nitrogens with one attached hydrogen (secondary N) is 1. The maximum Gasteiger partial charge on any atom is 0.356 e. The van der Waals surface area contributed by atoms with Gasteiger partial charge in [0.25, 0.3) is 11.8 Å². The van der Waals surface area contributed by atoms with Crippen molar-refractivity contribution in [1.82, 2.24) is 15.2 Å². The zero-order chi connectivity index (χ0) is 30.6. The van der Waals surface area contributed by atoms with Gasteiger partial charge in [-0.3, -0.25) is 19.3 Å². The lowest BCUT2D eigenvalue weighted by Crippen LogP contribution is -2.71. The van der Waals surface area contributed by atoms with Crippen LogP contribution in [-0.2, 0) is 33.5 Å². The third-order valence-electron chi connectivity index (χ3n) is 6.44. The summed E-state index contributed by atoms with van der Waals surface area (Å²) in [5, 5.41) is 7.52. The molecule has 2 aromatic rings. The van der Waals surface area contributed by atoms with Crippen LogP contribution in [0.2, 0.25) is 0 Å². The Hall–Kier alpha value is -4.37. The number of hydrogen-bond donors (Lipinski definition) is 2. The Labute approximate surface area is 249 Å². The van der Waals surface area contributed by atoms with Gasteiger partial charge < -0.3 is 30.1 Å². The van der Waals surface area contributed by atoms with Crippen LogP contribution in [0, 0.1) is 6.92 Å². The van der Waals surface area contributed by atoms with Gasteiger partial charge in [0.15, 0.2) is 10.8 Å². The number of carbonyl (C=O) groups is 4. The van der Waals surface area contributed by atoms with Crippen LogP contribution in [-0.4, -0.2) is 77.3 Å². The van der Waals surface area contributed by atoms with Crippen molar-refractivity contribution in [3.63, 3.8) is 0 Å². The summed E-state index contributed by atoms with van der Waals surface area (Å²) in [7, 11) is 2.81. The maximum atomic E-state index is 13.7. The summed E-state index contributed by atoms with van der Waals surface area (Å²) in [5.41, 5.74) is 7.45. The van der Waals surface area contributed by atoms with E-state index >= 15 is 0 Å². The summed E-state index contributed by atoms with van der Waals surface area (Å²) in [6, 6.07) is 4.33. The van der Waals surface area contributed by atoms with Gasteiger partial charge in [0.1, 0.15) is 48.4 Å². The first kappa shape index (κ1) is 30.6. The Morgan fingerprint density at radius 2 is 2.10 bits per heavy atom. The molecule has 0 aliphatic carbocycles. The largest absolute Gasteiger partial charge is 0.496 e. The monoisotopic (exact) mass is 615 g/mol. The van der Waals surface area contributed by atoms with Crippen LogP contribution in [0.15, 0.2) is 52.7 Å². The molecule has 2 aliphatic heterocycles. The van der Waals surface area contributed by atoms with Crippen LogP contribution >= 0.6 is 23.1 Å². The van der Waals surface area contributed by atoms with Gasteiger partial charge in [0, 0.05) is 29.2 Å². The van der Waals surface area contributed by atoms with Gasteiger partial charge >= 0.3 is 11.9 Å². The second-order valence-electron chi connectivity index (χ2n) is 9.02. The Bertz CT molecular complexity index is 1490. The number of benzene rings is 1. The van der Waals surface area contributed by atoms with E-state index in [0.29, 0.717) is 16.9 Å². The van der Waals surface area contributed by atoms with E-state index in [1.165, 1.54) is 49.3 Å². The van der Waals surface area contributed by atoms with Gasteiger partial charge in [-0.25, -0.2) is 9.78 Å². The minimum absolute atomic E-state index is 0.0547. The SMILES string of the molecule is C=CC(OC(=O)C1=C(COC(C)=O)CS[C@@H]2C(NC(=O)/C(=N\OC)c3csc(N)n3)C(=O)N12)c1cccc(OC)c1C. The minimum atomic E-state index is -0.991. The highest BCUT2D eigenvalue weighted by Crippen LogP contribution is 2.41. The predicted octanol–water partition coefficient (Wildman–Crippen LogP) is 2.08. The fourth-order valence-corrected chi connectivity index (χ4v) is 6.32. The van der Waals surface area contributed by atoms with Crippen molar-refractivity contribution in [2.75, 3.05) is 32.3 Å². The number of β-lactam (4-membered cyclic amide) rings is 1. The number of thiazole rings is 1. The van der Waals surface area contributed by atoms with Gasteiger partial charge in [-0.1, -0.05) is 23.9 Å². The number of fused-ring (bicyclic) bond motifs is 1. The number of methoxy groups -OCH3 is 1. The van der Waals surface area contributed by atoms with Crippen LogP contribution in [0.25, 0.3) is 0 Å². The molecular weight excluding hydrogens is 586 g/mol. The Morgan fingerprint density at radius 1 is 1.33 bits per heavy atom. The number of carbonyl (C=O) groups excluding carboxylic acids is 4. The Kier molecular flexibility index (Phi) is 9.52. The second-order valence-corrected chi connectivity index (χ2v) is 11.0. The maximum absolute atomic E-state index is 13.7. The van der Waals surface area contributed by atoms with Crippen molar-refractivity contribution in [2.24, 2.45) is 5.16 Å². The first-order valence-corrected chi connectivity index (χ1v) is 14.4. The van der Waals surface area contributed by atoms with Crippen LogP contribution in [0.1, 0.15) is 29.8 Å². The smallest absolute Gasteiger partial charge is 0.356 e. The van der Waals surface area contributed by atoms with Crippen molar-refractivity contribution in [3.05, 3.63) is 64.3 Å². The number of ether oxygens (including phenoxy) is 3. The van der Waals surface area contributed by atoms with E-state index in [9.17, 15) is 19.2 Å². The number of nitrogens with two attached hydrogens (primary N) is 1.